The van der Waals surface area contributed by atoms with E-state index in [0.717, 1.165) is 0 Å². The van der Waals surface area contributed by atoms with Gasteiger partial charge >= 0.3 is 5.97 Å². The van der Waals surface area contributed by atoms with Crippen LogP contribution in [0.1, 0.15) is 45.7 Å². The van der Waals surface area contributed by atoms with Gasteiger partial charge in [0.2, 0.25) is 0 Å². The highest BCUT2D eigenvalue weighted by Crippen LogP contribution is 2.36. The van der Waals surface area contributed by atoms with Gasteiger partial charge in [-0.1, -0.05) is 12.1 Å². The molecule has 2 aromatic rings. The molecule has 9 heteroatoms. The van der Waals surface area contributed by atoms with E-state index in [0.29, 0.717) is 40.6 Å². The van der Waals surface area contributed by atoms with Crippen LogP contribution in [-0.4, -0.2) is 43.8 Å². The number of methoxy groups -OCH3 is 2. The molecular weight excluding hydrogens is 462 g/mol. The van der Waals surface area contributed by atoms with Crippen molar-refractivity contribution in [2.75, 3.05) is 26.1 Å². The molecule has 0 aliphatic carbocycles. The van der Waals surface area contributed by atoms with Crippen molar-refractivity contribution in [1.82, 2.24) is 0 Å². The second-order valence-corrected chi connectivity index (χ2v) is 9.06. The van der Waals surface area contributed by atoms with Gasteiger partial charge in [-0.25, -0.2) is 4.79 Å². The molecule has 0 aliphatic heterocycles. The first-order valence-electron chi connectivity index (χ1n) is 11.3. The normalized spacial score (nSPS) is 13.1. The van der Waals surface area contributed by atoms with Gasteiger partial charge in [0.1, 0.15) is 11.4 Å². The molecule has 0 aliphatic rings. The predicted molar refractivity (Wildman–Crippen MR) is 137 cm³/mol. The zero-order valence-electron chi connectivity index (χ0n) is 21.7. The van der Waals surface area contributed by atoms with E-state index in [1.165, 1.54) is 20.1 Å². The Morgan fingerprint density at radius 3 is 2.11 bits per heavy atom. The van der Waals surface area contributed by atoms with Crippen LogP contribution in [0.25, 0.3) is 5.57 Å². The number of hydrogen-bond acceptors (Lipinski definition) is 8. The second kappa shape index (κ2) is 11.6. The summed E-state index contributed by atoms with van der Waals surface area (Å²) in [6.07, 6.45) is 1.39. The van der Waals surface area contributed by atoms with Crippen LogP contribution >= 0.6 is 0 Å². The Morgan fingerprint density at radius 1 is 1.00 bits per heavy atom. The molecule has 1 unspecified atom stereocenters. The molecule has 1 amide bonds. The average molecular weight is 496 g/mol. The fourth-order valence-electron chi connectivity index (χ4n) is 3.21. The average Bonchev–Trinajstić information content (AvgIpc) is 2.81. The van der Waals surface area contributed by atoms with Gasteiger partial charge in [-0.15, -0.1) is 0 Å². The van der Waals surface area contributed by atoms with Gasteiger partial charge in [-0.05, 0) is 75.6 Å². The highest BCUT2D eigenvalue weighted by atomic mass is 16.6. The maximum Gasteiger partial charge on any atom is 0.336 e. The fourth-order valence-corrected chi connectivity index (χ4v) is 3.21. The minimum atomic E-state index is -1.96. The molecular formula is C27H33N3O6. The second-order valence-electron chi connectivity index (χ2n) is 9.06. The molecule has 0 fully saturated rings. The molecule has 36 heavy (non-hydrogen) atoms. The Bertz CT molecular complexity index is 1190. The van der Waals surface area contributed by atoms with Crippen LogP contribution in [0, 0.1) is 11.3 Å². The van der Waals surface area contributed by atoms with Crippen molar-refractivity contribution in [1.29, 1.82) is 5.26 Å². The van der Waals surface area contributed by atoms with E-state index in [1.807, 2.05) is 6.92 Å². The van der Waals surface area contributed by atoms with E-state index >= 15 is 0 Å². The Balaban J connectivity index is 2.49. The van der Waals surface area contributed by atoms with Crippen molar-refractivity contribution in [3.05, 3.63) is 53.6 Å². The number of carbonyl (C=O) groups excluding carboxylic acids is 2. The Hall–Kier alpha value is -4.03. The van der Waals surface area contributed by atoms with E-state index in [4.69, 9.17) is 24.7 Å². The van der Waals surface area contributed by atoms with Gasteiger partial charge in [0.15, 0.2) is 17.0 Å². The maximum absolute atomic E-state index is 13.0. The van der Waals surface area contributed by atoms with Crippen LogP contribution in [0.15, 0.2) is 42.5 Å². The van der Waals surface area contributed by atoms with Crippen LogP contribution in [0.3, 0.4) is 0 Å². The molecule has 0 saturated carbocycles. The zero-order chi connectivity index (χ0) is 27.1. The third kappa shape index (κ3) is 6.77. The minimum Gasteiger partial charge on any atom is -0.495 e. The van der Waals surface area contributed by atoms with Gasteiger partial charge in [-0.2, -0.15) is 5.26 Å². The summed E-state index contributed by atoms with van der Waals surface area (Å²) < 4.78 is 21.7. The van der Waals surface area contributed by atoms with E-state index in [2.05, 4.69) is 11.4 Å². The quantitative estimate of drug-likeness (QED) is 0.302. The van der Waals surface area contributed by atoms with Crippen molar-refractivity contribution in [3.63, 3.8) is 0 Å². The van der Waals surface area contributed by atoms with E-state index < -0.39 is 23.0 Å². The van der Waals surface area contributed by atoms with Crippen molar-refractivity contribution >= 4 is 23.1 Å². The van der Waals surface area contributed by atoms with E-state index in [1.54, 1.807) is 64.3 Å². The summed E-state index contributed by atoms with van der Waals surface area (Å²) in [5, 5.41) is 12.1. The number of carbonyl (C=O) groups is 2. The number of rotatable bonds is 9. The lowest BCUT2D eigenvalue weighted by Gasteiger charge is -2.27. The summed E-state index contributed by atoms with van der Waals surface area (Å²) in [6.45, 7) is 8.63. The molecule has 192 valence electrons. The highest BCUT2D eigenvalue weighted by Gasteiger charge is 2.41. The molecule has 0 heterocycles. The van der Waals surface area contributed by atoms with E-state index in [-0.39, 0.29) is 5.69 Å². The first-order valence-corrected chi connectivity index (χ1v) is 11.3. The van der Waals surface area contributed by atoms with Crippen LogP contribution in [-0.2, 0) is 14.3 Å². The maximum atomic E-state index is 13.0. The first-order chi connectivity index (χ1) is 16.9. The van der Waals surface area contributed by atoms with Gasteiger partial charge in [-0.3, -0.25) is 4.79 Å². The number of nitriles is 1. The fraction of sp³-hybridized carbons (Fsp3) is 0.370. The molecule has 1 atom stereocenters. The molecule has 0 bridgehead atoms. The lowest BCUT2D eigenvalue weighted by atomic mass is 9.96. The Labute approximate surface area is 211 Å². The lowest BCUT2D eigenvalue weighted by molar-refractivity contribution is -0.162. The molecule has 2 rings (SSSR count). The van der Waals surface area contributed by atoms with Gasteiger partial charge < -0.3 is 30.0 Å². The van der Waals surface area contributed by atoms with Crippen LogP contribution < -0.4 is 25.3 Å². The van der Waals surface area contributed by atoms with Crippen molar-refractivity contribution < 1.29 is 28.5 Å². The van der Waals surface area contributed by atoms with Crippen LogP contribution in [0.5, 0.6) is 17.2 Å². The van der Waals surface area contributed by atoms with Crippen molar-refractivity contribution in [2.45, 2.75) is 45.8 Å². The summed E-state index contributed by atoms with van der Waals surface area (Å²) in [5.41, 5.74) is 5.42. The minimum absolute atomic E-state index is 0.266. The summed E-state index contributed by atoms with van der Waals surface area (Å²) in [7, 11) is 2.99. The lowest BCUT2D eigenvalue weighted by Crippen LogP contribution is -2.57. The third-order valence-electron chi connectivity index (χ3n) is 5.04. The highest BCUT2D eigenvalue weighted by molar-refractivity contribution is 6.13. The van der Waals surface area contributed by atoms with E-state index in [9.17, 15) is 14.9 Å². The number of anilines is 1. The molecule has 0 radical (unpaired) electrons. The summed E-state index contributed by atoms with van der Waals surface area (Å²) >= 11 is 0. The topological polar surface area (TPSA) is 133 Å². The number of nitrogens with two attached hydrogens (primary N) is 1. The van der Waals surface area contributed by atoms with Gasteiger partial charge in [0.25, 0.3) is 5.91 Å². The molecule has 3 N–H and O–H groups in total. The zero-order valence-corrected chi connectivity index (χ0v) is 21.7. The number of benzene rings is 2. The summed E-state index contributed by atoms with van der Waals surface area (Å²) in [4.78, 5) is 25.5. The predicted octanol–water partition coefficient (Wildman–Crippen LogP) is 4.06. The first kappa shape index (κ1) is 28.2. The molecule has 0 saturated heterocycles. The Kier molecular flexibility index (Phi) is 9.09. The van der Waals surface area contributed by atoms with Gasteiger partial charge in [0.05, 0.1) is 32.6 Å². The SMILES string of the molecule is CCOc1cc(C(=CC#N)c2ccc(OC)c(NC(=O)C(C)(N)C(=O)OC(C)(C)C)c2)ccc1OC. The number of esters is 1. The summed E-state index contributed by atoms with van der Waals surface area (Å²) in [6, 6.07) is 12.4. The number of nitrogens with zero attached hydrogens (tertiary/aromatic N) is 1. The van der Waals surface area contributed by atoms with Crippen molar-refractivity contribution in [2.24, 2.45) is 5.73 Å². The Morgan fingerprint density at radius 2 is 1.58 bits per heavy atom. The number of hydrogen-bond donors (Lipinski definition) is 2. The molecule has 2 aromatic carbocycles. The number of allylic oxidation sites excluding steroid dienone is 1. The van der Waals surface area contributed by atoms with Crippen LogP contribution in [0.4, 0.5) is 5.69 Å². The number of amides is 1. The smallest absolute Gasteiger partial charge is 0.336 e. The van der Waals surface area contributed by atoms with Gasteiger partial charge in [0, 0.05) is 6.08 Å². The number of ether oxygens (including phenoxy) is 4. The molecule has 0 spiro atoms. The molecule has 9 nitrogen and oxygen atoms in total. The largest absolute Gasteiger partial charge is 0.495 e. The standard InChI is InChI=1S/C27H33N3O6/c1-8-35-23-16-18(10-12-22(23)34-7)19(13-14-28)17-9-11-21(33-6)20(15-17)30-24(31)27(5,29)25(32)36-26(2,3)4/h9-13,15-16H,8,29H2,1-7H3,(H,30,31). The monoisotopic (exact) mass is 495 g/mol. The third-order valence-corrected chi connectivity index (χ3v) is 5.04. The molecule has 0 aromatic heterocycles. The number of nitrogens with one attached hydrogen (secondary N) is 1. The van der Waals surface area contributed by atoms with Crippen molar-refractivity contribution in [3.8, 4) is 23.3 Å². The summed E-state index contributed by atoms with van der Waals surface area (Å²) in [5.74, 6) is -0.216. The van der Waals surface area contributed by atoms with Crippen LogP contribution in [0.2, 0.25) is 0 Å².